The van der Waals surface area contributed by atoms with Gasteiger partial charge in [-0.25, -0.2) is 0 Å². The average molecular weight is 168 g/mol. The minimum absolute atomic E-state index is 0.445. The molecule has 0 N–H and O–H groups in total. The number of aliphatic imine (C=N–C) groups is 1. The Bertz CT molecular complexity index is 161. The van der Waals surface area contributed by atoms with Crippen molar-refractivity contribution >= 4 is 5.84 Å². The van der Waals surface area contributed by atoms with Crippen molar-refractivity contribution in [2.24, 2.45) is 4.99 Å². The monoisotopic (exact) mass is 168 g/mol. The predicted molar refractivity (Wildman–Crippen MR) is 53.7 cm³/mol. The number of hydrogen-bond acceptors (Lipinski definition) is 1. The maximum atomic E-state index is 4.62. The van der Waals surface area contributed by atoms with Crippen molar-refractivity contribution in [1.29, 1.82) is 0 Å². The van der Waals surface area contributed by atoms with Crippen molar-refractivity contribution in [3.05, 3.63) is 0 Å². The van der Waals surface area contributed by atoms with Crippen LogP contribution in [-0.2, 0) is 0 Å². The summed E-state index contributed by atoms with van der Waals surface area (Å²) < 4.78 is 0. The van der Waals surface area contributed by atoms with E-state index in [9.17, 15) is 0 Å². The van der Waals surface area contributed by atoms with Crippen molar-refractivity contribution < 1.29 is 0 Å². The molecule has 1 heterocycles. The van der Waals surface area contributed by atoms with Crippen molar-refractivity contribution in [2.45, 2.75) is 45.6 Å². The Morgan fingerprint density at radius 3 is 2.67 bits per heavy atom. The number of likely N-dealkylation sites (tertiary alicyclic amines) is 1. The molecule has 0 aliphatic carbocycles. The molecule has 2 heteroatoms. The molecule has 1 aliphatic rings. The van der Waals surface area contributed by atoms with Crippen molar-refractivity contribution in [1.82, 2.24) is 4.90 Å². The van der Waals surface area contributed by atoms with Gasteiger partial charge < -0.3 is 4.90 Å². The van der Waals surface area contributed by atoms with Gasteiger partial charge in [0.05, 0.1) is 5.84 Å². The molecular formula is C10H20N2. The molecule has 0 saturated carbocycles. The van der Waals surface area contributed by atoms with Crippen molar-refractivity contribution in [3.63, 3.8) is 0 Å². The zero-order valence-corrected chi connectivity index (χ0v) is 8.51. The van der Waals surface area contributed by atoms with Crippen LogP contribution in [0.3, 0.4) is 0 Å². The largest absolute Gasteiger partial charge is 0.363 e. The number of rotatable bonds is 1. The molecule has 0 aromatic heterocycles. The van der Waals surface area contributed by atoms with E-state index in [1.54, 1.807) is 0 Å². The van der Waals surface area contributed by atoms with Crippen molar-refractivity contribution in [3.8, 4) is 0 Å². The molecule has 0 unspecified atom stereocenters. The van der Waals surface area contributed by atoms with Crippen LogP contribution in [0.1, 0.15) is 39.5 Å². The molecule has 0 bridgehead atoms. The quantitative estimate of drug-likeness (QED) is 0.586. The highest BCUT2D eigenvalue weighted by Gasteiger charge is 2.10. The molecule has 0 aromatic rings. The summed E-state index contributed by atoms with van der Waals surface area (Å²) in [5.74, 6) is 1.31. The van der Waals surface area contributed by atoms with Crippen LogP contribution in [0.15, 0.2) is 4.99 Å². The molecule has 1 fully saturated rings. The fraction of sp³-hybridized carbons (Fsp3) is 0.900. The van der Waals surface area contributed by atoms with Crippen LogP contribution in [-0.4, -0.2) is 30.4 Å². The van der Waals surface area contributed by atoms with Crippen LogP contribution >= 0.6 is 0 Å². The van der Waals surface area contributed by atoms with Crippen LogP contribution in [0.5, 0.6) is 0 Å². The van der Waals surface area contributed by atoms with Crippen LogP contribution in [0.25, 0.3) is 0 Å². The van der Waals surface area contributed by atoms with E-state index in [-0.39, 0.29) is 0 Å². The minimum atomic E-state index is 0.445. The van der Waals surface area contributed by atoms with Gasteiger partial charge in [-0.15, -0.1) is 0 Å². The van der Waals surface area contributed by atoms with E-state index in [0.29, 0.717) is 6.04 Å². The first-order chi connectivity index (χ1) is 5.70. The van der Waals surface area contributed by atoms with Gasteiger partial charge >= 0.3 is 0 Å². The Hall–Kier alpha value is -0.530. The van der Waals surface area contributed by atoms with Gasteiger partial charge in [0.1, 0.15) is 0 Å². The highest BCUT2D eigenvalue weighted by atomic mass is 15.2. The van der Waals surface area contributed by atoms with E-state index in [4.69, 9.17) is 0 Å². The summed E-state index contributed by atoms with van der Waals surface area (Å²) in [5.41, 5.74) is 0. The lowest BCUT2D eigenvalue weighted by molar-refractivity contribution is 0.490. The maximum absolute atomic E-state index is 4.62. The third-order valence-corrected chi connectivity index (χ3v) is 2.24. The third-order valence-electron chi connectivity index (χ3n) is 2.24. The van der Waals surface area contributed by atoms with E-state index < -0.39 is 0 Å². The second-order valence-electron chi connectivity index (χ2n) is 3.87. The molecular weight excluding hydrogens is 148 g/mol. The summed E-state index contributed by atoms with van der Waals surface area (Å²) in [7, 11) is 2.16. The van der Waals surface area contributed by atoms with E-state index in [1.807, 2.05) is 0 Å². The number of nitrogens with zero attached hydrogens (tertiary/aromatic N) is 2. The molecule has 1 aliphatic heterocycles. The molecule has 0 amide bonds. The Balaban J connectivity index is 2.58. The Labute approximate surface area is 75.7 Å². The van der Waals surface area contributed by atoms with Crippen molar-refractivity contribution in [2.75, 3.05) is 13.6 Å². The van der Waals surface area contributed by atoms with Crippen LogP contribution < -0.4 is 0 Å². The van der Waals surface area contributed by atoms with Gasteiger partial charge in [-0.1, -0.05) is 6.42 Å². The molecule has 2 nitrogen and oxygen atoms in total. The lowest BCUT2D eigenvalue weighted by atomic mass is 10.2. The first-order valence-corrected chi connectivity index (χ1v) is 4.98. The zero-order valence-electron chi connectivity index (χ0n) is 8.51. The Morgan fingerprint density at radius 2 is 2.00 bits per heavy atom. The summed E-state index contributed by atoms with van der Waals surface area (Å²) in [5, 5.41) is 0. The highest BCUT2D eigenvalue weighted by Crippen LogP contribution is 2.11. The first-order valence-electron chi connectivity index (χ1n) is 4.98. The normalized spacial score (nSPS) is 23.3. The SMILES string of the molecule is CC(C)/N=C1\CCCCCN1C. The smallest absolute Gasteiger partial charge is 0.0989 e. The van der Waals surface area contributed by atoms with E-state index in [2.05, 4.69) is 30.8 Å². The van der Waals surface area contributed by atoms with E-state index >= 15 is 0 Å². The summed E-state index contributed by atoms with van der Waals surface area (Å²) in [6, 6.07) is 0.445. The van der Waals surface area contributed by atoms with E-state index in [1.165, 1.54) is 38.1 Å². The summed E-state index contributed by atoms with van der Waals surface area (Å²) in [6.45, 7) is 5.48. The Kier molecular flexibility index (Phi) is 3.57. The molecule has 12 heavy (non-hydrogen) atoms. The lowest BCUT2D eigenvalue weighted by Crippen LogP contribution is -2.26. The van der Waals surface area contributed by atoms with Gasteiger partial charge in [0.2, 0.25) is 0 Å². The topological polar surface area (TPSA) is 15.6 Å². The standard InChI is InChI=1S/C10H20N2/c1-9(2)11-10-7-5-4-6-8-12(10)3/h9H,4-8H2,1-3H3/b11-10+. The summed E-state index contributed by atoms with van der Waals surface area (Å²) >= 11 is 0. The van der Waals surface area contributed by atoms with Gasteiger partial charge in [0.25, 0.3) is 0 Å². The van der Waals surface area contributed by atoms with Crippen LogP contribution in [0, 0.1) is 0 Å². The number of amidine groups is 1. The highest BCUT2D eigenvalue weighted by molar-refractivity contribution is 5.82. The average Bonchev–Trinajstić information content (AvgIpc) is 2.16. The van der Waals surface area contributed by atoms with Gasteiger partial charge in [0.15, 0.2) is 0 Å². The Morgan fingerprint density at radius 1 is 1.25 bits per heavy atom. The summed E-state index contributed by atoms with van der Waals surface area (Å²) in [4.78, 5) is 6.93. The van der Waals surface area contributed by atoms with Crippen LogP contribution in [0.4, 0.5) is 0 Å². The lowest BCUT2D eigenvalue weighted by Gasteiger charge is -2.18. The van der Waals surface area contributed by atoms with E-state index in [0.717, 1.165) is 0 Å². The summed E-state index contributed by atoms with van der Waals surface area (Å²) in [6.07, 6.45) is 5.18. The third kappa shape index (κ3) is 2.84. The predicted octanol–water partition coefficient (Wildman–Crippen LogP) is 2.30. The second kappa shape index (κ2) is 4.48. The van der Waals surface area contributed by atoms with Gasteiger partial charge in [-0.3, -0.25) is 4.99 Å². The molecule has 70 valence electrons. The molecule has 1 rings (SSSR count). The molecule has 0 radical (unpaired) electrons. The minimum Gasteiger partial charge on any atom is -0.363 e. The molecule has 0 aromatic carbocycles. The number of hydrogen-bond donors (Lipinski definition) is 0. The zero-order chi connectivity index (χ0) is 8.97. The molecule has 0 atom stereocenters. The molecule has 1 saturated heterocycles. The van der Waals surface area contributed by atoms with Gasteiger partial charge in [0, 0.05) is 26.1 Å². The first kappa shape index (κ1) is 9.56. The second-order valence-corrected chi connectivity index (χ2v) is 3.87. The van der Waals surface area contributed by atoms with Gasteiger partial charge in [-0.05, 0) is 26.7 Å². The fourth-order valence-corrected chi connectivity index (χ4v) is 1.59. The maximum Gasteiger partial charge on any atom is 0.0989 e. The fourth-order valence-electron chi connectivity index (χ4n) is 1.59. The molecule has 0 spiro atoms. The van der Waals surface area contributed by atoms with Crippen LogP contribution in [0.2, 0.25) is 0 Å². The van der Waals surface area contributed by atoms with Gasteiger partial charge in [-0.2, -0.15) is 0 Å².